The number of sulfonamides is 1. The molecule has 6 nitrogen and oxygen atoms in total. The zero-order valence-electron chi connectivity index (χ0n) is 15.7. The molecule has 2 aromatic carbocycles. The zero-order valence-corrected chi connectivity index (χ0v) is 18.1. The Kier molecular flexibility index (Phi) is 6.49. The van der Waals surface area contributed by atoms with E-state index in [1.165, 1.54) is 43.6 Å². The van der Waals surface area contributed by atoms with Gasteiger partial charge in [0.2, 0.25) is 15.9 Å². The molecule has 0 saturated carbocycles. The van der Waals surface area contributed by atoms with E-state index in [1.54, 1.807) is 35.7 Å². The molecule has 0 spiro atoms. The summed E-state index contributed by atoms with van der Waals surface area (Å²) in [6.07, 6.45) is 3.11. The first-order chi connectivity index (χ1) is 13.8. The average molecular weight is 448 g/mol. The van der Waals surface area contributed by atoms with Gasteiger partial charge < -0.3 is 0 Å². The molecule has 150 valence electrons. The van der Waals surface area contributed by atoms with E-state index >= 15 is 0 Å². The maximum atomic E-state index is 12.1. The maximum absolute atomic E-state index is 12.1. The number of anilines is 1. The van der Waals surface area contributed by atoms with Crippen LogP contribution in [0.15, 0.2) is 64.9 Å². The van der Waals surface area contributed by atoms with E-state index in [0.717, 1.165) is 15.4 Å². The van der Waals surface area contributed by atoms with Crippen LogP contribution >= 0.6 is 22.9 Å². The van der Waals surface area contributed by atoms with Crippen LogP contribution in [0.5, 0.6) is 0 Å². The van der Waals surface area contributed by atoms with Crippen LogP contribution < -0.4 is 5.32 Å². The number of hydrogen-bond donors (Lipinski definition) is 1. The normalized spacial score (nSPS) is 11.9. The molecule has 1 aromatic heterocycles. The molecule has 3 rings (SSSR count). The maximum Gasteiger partial charge on any atom is 0.250 e. The molecule has 0 radical (unpaired) electrons. The van der Waals surface area contributed by atoms with E-state index in [-0.39, 0.29) is 10.8 Å². The summed E-state index contributed by atoms with van der Waals surface area (Å²) in [6.45, 7) is 0. The number of hydrogen-bond acceptors (Lipinski definition) is 5. The molecule has 0 saturated heterocycles. The Labute approximate surface area is 178 Å². The number of aromatic nitrogens is 1. The highest BCUT2D eigenvalue weighted by molar-refractivity contribution is 7.89. The van der Waals surface area contributed by atoms with Gasteiger partial charge in [0.15, 0.2) is 5.13 Å². The number of benzene rings is 2. The van der Waals surface area contributed by atoms with Crippen LogP contribution in [-0.4, -0.2) is 37.7 Å². The number of carbonyl (C=O) groups excluding carboxylic acids is 1. The Balaban J connectivity index is 1.67. The van der Waals surface area contributed by atoms with Crippen LogP contribution in [0, 0.1) is 0 Å². The van der Waals surface area contributed by atoms with Gasteiger partial charge in [0.25, 0.3) is 0 Å². The van der Waals surface area contributed by atoms with Crippen LogP contribution in [0.25, 0.3) is 17.3 Å². The van der Waals surface area contributed by atoms with Crippen molar-refractivity contribution in [2.45, 2.75) is 4.90 Å². The summed E-state index contributed by atoms with van der Waals surface area (Å²) in [7, 11) is -0.502. The Morgan fingerprint density at radius 3 is 2.38 bits per heavy atom. The number of thiazole rings is 1. The molecule has 1 heterocycles. The van der Waals surface area contributed by atoms with Crippen molar-refractivity contribution in [3.8, 4) is 11.3 Å². The van der Waals surface area contributed by atoms with Crippen molar-refractivity contribution in [3.63, 3.8) is 0 Å². The lowest BCUT2D eigenvalue weighted by molar-refractivity contribution is -0.111. The summed E-state index contributed by atoms with van der Waals surface area (Å²) in [5, 5.41) is 5.60. The minimum Gasteiger partial charge on any atom is -0.298 e. The molecule has 0 fully saturated rings. The van der Waals surface area contributed by atoms with Crippen molar-refractivity contribution in [3.05, 3.63) is 70.6 Å². The Hall–Kier alpha value is -2.52. The molecule has 0 aliphatic carbocycles. The van der Waals surface area contributed by atoms with Gasteiger partial charge in [0, 0.05) is 36.1 Å². The summed E-state index contributed by atoms with van der Waals surface area (Å²) in [6, 6.07) is 13.6. The second-order valence-electron chi connectivity index (χ2n) is 6.22. The van der Waals surface area contributed by atoms with Crippen LogP contribution in [0.3, 0.4) is 0 Å². The molecule has 9 heteroatoms. The largest absolute Gasteiger partial charge is 0.298 e. The van der Waals surface area contributed by atoms with Gasteiger partial charge in [0.05, 0.1) is 10.6 Å². The highest BCUT2D eigenvalue weighted by atomic mass is 35.5. The van der Waals surface area contributed by atoms with E-state index in [1.807, 2.05) is 12.1 Å². The summed E-state index contributed by atoms with van der Waals surface area (Å²) in [5.74, 6) is -0.298. The van der Waals surface area contributed by atoms with E-state index in [0.29, 0.717) is 15.8 Å². The number of rotatable bonds is 6. The molecular formula is C20H18ClN3O3S2. The number of carbonyl (C=O) groups is 1. The van der Waals surface area contributed by atoms with Crippen molar-refractivity contribution >= 4 is 50.1 Å². The van der Waals surface area contributed by atoms with Gasteiger partial charge in [-0.15, -0.1) is 11.3 Å². The van der Waals surface area contributed by atoms with E-state index in [9.17, 15) is 13.2 Å². The summed E-state index contributed by atoms with van der Waals surface area (Å²) < 4.78 is 25.4. The molecule has 0 atom stereocenters. The lowest BCUT2D eigenvalue weighted by Gasteiger charge is -2.11. The quantitative estimate of drug-likeness (QED) is 0.569. The minimum absolute atomic E-state index is 0.211. The summed E-state index contributed by atoms with van der Waals surface area (Å²) in [4.78, 5) is 16.7. The molecule has 0 aliphatic rings. The molecule has 1 N–H and O–H groups in total. The van der Waals surface area contributed by atoms with Gasteiger partial charge in [-0.05, 0) is 35.9 Å². The van der Waals surface area contributed by atoms with Crippen molar-refractivity contribution < 1.29 is 13.2 Å². The van der Waals surface area contributed by atoms with Crippen molar-refractivity contribution in [2.75, 3.05) is 19.4 Å². The number of nitrogens with one attached hydrogen (secondary N) is 1. The SMILES string of the molecule is CN(C)S(=O)(=O)c1ccc(-c2csc(NC(=O)/C=C/c3ccc(Cl)cc3)n2)cc1. The van der Waals surface area contributed by atoms with Gasteiger partial charge in [-0.3, -0.25) is 10.1 Å². The lowest BCUT2D eigenvalue weighted by Crippen LogP contribution is -2.22. The smallest absolute Gasteiger partial charge is 0.250 e. The van der Waals surface area contributed by atoms with Crippen LogP contribution in [0.1, 0.15) is 5.56 Å². The first-order valence-electron chi connectivity index (χ1n) is 8.49. The molecule has 0 bridgehead atoms. The van der Waals surface area contributed by atoms with Gasteiger partial charge in [0.1, 0.15) is 0 Å². The Morgan fingerprint density at radius 2 is 1.76 bits per heavy atom. The van der Waals surface area contributed by atoms with E-state index in [2.05, 4.69) is 10.3 Å². The first-order valence-corrected chi connectivity index (χ1v) is 11.2. The predicted octanol–water partition coefficient (Wildman–Crippen LogP) is 4.37. The monoisotopic (exact) mass is 447 g/mol. The van der Waals surface area contributed by atoms with Crippen molar-refractivity contribution in [1.82, 2.24) is 9.29 Å². The molecule has 29 heavy (non-hydrogen) atoms. The fourth-order valence-electron chi connectivity index (χ4n) is 2.37. The number of amides is 1. The van der Waals surface area contributed by atoms with Crippen molar-refractivity contribution in [1.29, 1.82) is 0 Å². The molecule has 3 aromatic rings. The summed E-state index contributed by atoms with van der Waals surface area (Å²) in [5.41, 5.74) is 2.27. The van der Waals surface area contributed by atoms with Crippen molar-refractivity contribution in [2.24, 2.45) is 0 Å². The van der Waals surface area contributed by atoms with Gasteiger partial charge in [-0.2, -0.15) is 0 Å². The minimum atomic E-state index is -3.47. The fraction of sp³-hybridized carbons (Fsp3) is 0.100. The second-order valence-corrected chi connectivity index (χ2v) is 9.67. The van der Waals surface area contributed by atoms with E-state index < -0.39 is 10.0 Å². The lowest BCUT2D eigenvalue weighted by atomic mass is 10.2. The van der Waals surface area contributed by atoms with Gasteiger partial charge >= 0.3 is 0 Å². The predicted molar refractivity (Wildman–Crippen MR) is 118 cm³/mol. The van der Waals surface area contributed by atoms with Crippen LogP contribution in [0.4, 0.5) is 5.13 Å². The van der Waals surface area contributed by atoms with Crippen LogP contribution in [0.2, 0.25) is 5.02 Å². The average Bonchev–Trinajstić information content (AvgIpc) is 3.16. The third-order valence-corrected chi connectivity index (χ3v) is 6.80. The number of halogens is 1. The summed E-state index contributed by atoms with van der Waals surface area (Å²) >= 11 is 7.13. The molecular weight excluding hydrogens is 430 g/mol. The standard InChI is InChI=1S/C20H18ClN3O3S2/c1-24(2)29(26,27)17-10-6-15(7-11-17)18-13-28-20(22-18)23-19(25)12-5-14-3-8-16(21)9-4-14/h3-13H,1-2H3,(H,22,23,25)/b12-5+. The highest BCUT2D eigenvalue weighted by Crippen LogP contribution is 2.26. The van der Waals surface area contributed by atoms with Crippen LogP contribution in [-0.2, 0) is 14.8 Å². The first kappa shape index (κ1) is 21.2. The van der Waals surface area contributed by atoms with Gasteiger partial charge in [-0.1, -0.05) is 35.9 Å². The third-order valence-electron chi connectivity index (χ3n) is 3.96. The second kappa shape index (κ2) is 8.87. The molecule has 0 unspecified atom stereocenters. The zero-order chi connectivity index (χ0) is 21.0. The van der Waals surface area contributed by atoms with E-state index in [4.69, 9.17) is 11.6 Å². The number of nitrogens with zero attached hydrogens (tertiary/aromatic N) is 2. The Bertz CT molecular complexity index is 1140. The van der Waals surface area contributed by atoms with Gasteiger partial charge in [-0.25, -0.2) is 17.7 Å². The Morgan fingerprint density at radius 1 is 1.10 bits per heavy atom. The molecule has 1 amide bonds. The third kappa shape index (κ3) is 5.30. The fourth-order valence-corrected chi connectivity index (χ4v) is 4.12. The highest BCUT2D eigenvalue weighted by Gasteiger charge is 2.17. The molecule has 0 aliphatic heterocycles. The topological polar surface area (TPSA) is 79.4 Å².